The smallest absolute Gasteiger partial charge is 0.335 e. The maximum Gasteiger partial charge on any atom is 0.335 e. The first-order chi connectivity index (χ1) is 9.15. The molecule has 2 rings (SSSR count). The van der Waals surface area contributed by atoms with Crippen LogP contribution in [0.1, 0.15) is 25.2 Å². The quantitative estimate of drug-likeness (QED) is 0.825. The molecule has 1 N–H and O–H groups in total. The average molecular weight is 264 g/mol. The molecule has 0 saturated carbocycles. The zero-order valence-electron chi connectivity index (χ0n) is 11.6. The SMILES string of the molecule is CC(C)CNCc1ccoc1COc1ncn(C)n1. The van der Waals surface area contributed by atoms with Crippen molar-refractivity contribution < 1.29 is 9.15 Å². The normalized spacial score (nSPS) is 11.2. The van der Waals surface area contributed by atoms with Gasteiger partial charge in [-0.15, -0.1) is 5.10 Å². The molecular formula is C13H20N4O2. The maximum atomic E-state index is 5.47. The minimum Gasteiger partial charge on any atom is -0.465 e. The highest BCUT2D eigenvalue weighted by atomic mass is 16.5. The highest BCUT2D eigenvalue weighted by molar-refractivity contribution is 5.16. The zero-order valence-corrected chi connectivity index (χ0v) is 11.6. The van der Waals surface area contributed by atoms with Crippen molar-refractivity contribution in [2.45, 2.75) is 27.0 Å². The van der Waals surface area contributed by atoms with Crippen molar-refractivity contribution in [2.24, 2.45) is 13.0 Å². The van der Waals surface area contributed by atoms with Crippen LogP contribution in [0.4, 0.5) is 0 Å². The number of furan rings is 1. The van der Waals surface area contributed by atoms with Gasteiger partial charge < -0.3 is 14.5 Å². The van der Waals surface area contributed by atoms with Crippen LogP contribution in [0.3, 0.4) is 0 Å². The summed E-state index contributed by atoms with van der Waals surface area (Å²) in [4.78, 5) is 4.00. The topological polar surface area (TPSA) is 65.1 Å². The minimum absolute atomic E-state index is 0.343. The monoisotopic (exact) mass is 264 g/mol. The summed E-state index contributed by atoms with van der Waals surface area (Å²) in [5, 5.41) is 7.43. The Labute approximate surface area is 112 Å². The second-order valence-electron chi connectivity index (χ2n) is 4.88. The lowest BCUT2D eigenvalue weighted by Gasteiger charge is -2.07. The highest BCUT2D eigenvalue weighted by Gasteiger charge is 2.08. The Morgan fingerprint density at radius 3 is 3.00 bits per heavy atom. The Morgan fingerprint density at radius 2 is 2.32 bits per heavy atom. The van der Waals surface area contributed by atoms with Crippen LogP contribution in [-0.2, 0) is 20.2 Å². The molecule has 0 unspecified atom stereocenters. The minimum atomic E-state index is 0.343. The van der Waals surface area contributed by atoms with Crippen LogP contribution < -0.4 is 10.1 Å². The molecule has 0 amide bonds. The van der Waals surface area contributed by atoms with Crippen molar-refractivity contribution in [2.75, 3.05) is 6.54 Å². The summed E-state index contributed by atoms with van der Waals surface area (Å²) in [5.41, 5.74) is 1.11. The Hall–Kier alpha value is -1.82. The van der Waals surface area contributed by atoms with Crippen molar-refractivity contribution in [3.63, 3.8) is 0 Å². The van der Waals surface area contributed by atoms with Gasteiger partial charge in [-0.05, 0) is 18.5 Å². The third-order valence-electron chi connectivity index (χ3n) is 2.62. The van der Waals surface area contributed by atoms with Gasteiger partial charge in [0, 0.05) is 19.2 Å². The molecule has 0 radical (unpaired) electrons. The van der Waals surface area contributed by atoms with Crippen molar-refractivity contribution in [1.29, 1.82) is 0 Å². The molecule has 6 nitrogen and oxygen atoms in total. The van der Waals surface area contributed by atoms with Crippen LogP contribution in [0.2, 0.25) is 0 Å². The molecule has 0 aliphatic heterocycles. The van der Waals surface area contributed by atoms with E-state index in [9.17, 15) is 0 Å². The Bertz CT molecular complexity index is 504. The number of rotatable bonds is 7. The van der Waals surface area contributed by atoms with Crippen molar-refractivity contribution in [3.05, 3.63) is 30.0 Å². The summed E-state index contributed by atoms with van der Waals surface area (Å²) < 4.78 is 12.5. The number of nitrogens with one attached hydrogen (secondary N) is 1. The molecule has 0 aromatic carbocycles. The van der Waals surface area contributed by atoms with E-state index in [0.29, 0.717) is 18.5 Å². The molecule has 2 aromatic heterocycles. The molecule has 2 heterocycles. The molecule has 0 fully saturated rings. The van der Waals surface area contributed by atoms with E-state index >= 15 is 0 Å². The largest absolute Gasteiger partial charge is 0.465 e. The van der Waals surface area contributed by atoms with Crippen molar-refractivity contribution in [1.82, 2.24) is 20.1 Å². The van der Waals surface area contributed by atoms with Gasteiger partial charge in [-0.1, -0.05) is 13.8 Å². The van der Waals surface area contributed by atoms with Crippen molar-refractivity contribution >= 4 is 0 Å². The summed E-state index contributed by atoms with van der Waals surface area (Å²) in [6, 6.07) is 2.32. The van der Waals surface area contributed by atoms with Crippen LogP contribution in [0.5, 0.6) is 6.01 Å². The van der Waals surface area contributed by atoms with E-state index in [4.69, 9.17) is 9.15 Å². The first-order valence-electron chi connectivity index (χ1n) is 6.39. The van der Waals surface area contributed by atoms with Gasteiger partial charge in [0.15, 0.2) is 0 Å². The number of hydrogen-bond donors (Lipinski definition) is 1. The second-order valence-corrected chi connectivity index (χ2v) is 4.88. The first-order valence-corrected chi connectivity index (χ1v) is 6.39. The second kappa shape index (κ2) is 6.38. The van der Waals surface area contributed by atoms with E-state index < -0.39 is 0 Å². The first kappa shape index (κ1) is 13.6. The van der Waals surface area contributed by atoms with Gasteiger partial charge in [0.2, 0.25) is 0 Å². The van der Waals surface area contributed by atoms with E-state index in [1.165, 1.54) is 0 Å². The van der Waals surface area contributed by atoms with Crippen LogP contribution in [-0.4, -0.2) is 21.3 Å². The van der Waals surface area contributed by atoms with E-state index in [0.717, 1.165) is 24.4 Å². The van der Waals surface area contributed by atoms with Gasteiger partial charge in [0.25, 0.3) is 0 Å². The van der Waals surface area contributed by atoms with Crippen LogP contribution in [0.25, 0.3) is 0 Å². The summed E-state index contributed by atoms with van der Waals surface area (Å²) in [5.74, 6) is 1.44. The Kier molecular flexibility index (Phi) is 4.57. The lowest BCUT2D eigenvalue weighted by molar-refractivity contribution is 0.247. The summed E-state index contributed by atoms with van der Waals surface area (Å²) >= 11 is 0. The molecule has 0 aliphatic rings. The molecule has 19 heavy (non-hydrogen) atoms. The van der Waals surface area contributed by atoms with Gasteiger partial charge in [-0.2, -0.15) is 4.98 Å². The van der Waals surface area contributed by atoms with Crippen LogP contribution >= 0.6 is 0 Å². The Balaban J connectivity index is 1.85. The molecule has 6 heteroatoms. The van der Waals surface area contributed by atoms with Gasteiger partial charge in [0.05, 0.1) is 6.26 Å². The molecule has 2 aromatic rings. The van der Waals surface area contributed by atoms with E-state index in [-0.39, 0.29) is 0 Å². The van der Waals surface area contributed by atoms with E-state index in [1.807, 2.05) is 6.07 Å². The summed E-state index contributed by atoms with van der Waals surface area (Å²) in [6.07, 6.45) is 3.28. The third-order valence-corrected chi connectivity index (χ3v) is 2.62. The molecule has 0 bridgehead atoms. The maximum absolute atomic E-state index is 5.47. The standard InChI is InChI=1S/C13H20N4O2/c1-10(2)6-14-7-11-4-5-18-12(11)8-19-13-15-9-17(3)16-13/h4-5,9-10,14H,6-8H2,1-3H3. The molecule has 104 valence electrons. The number of hydrogen-bond acceptors (Lipinski definition) is 5. The highest BCUT2D eigenvalue weighted by Crippen LogP contribution is 2.13. The van der Waals surface area contributed by atoms with E-state index in [2.05, 4.69) is 29.2 Å². The summed E-state index contributed by atoms with van der Waals surface area (Å²) in [6.45, 7) is 6.46. The lowest BCUT2D eigenvalue weighted by atomic mass is 10.2. The molecular weight excluding hydrogens is 244 g/mol. The number of ether oxygens (including phenoxy) is 1. The Morgan fingerprint density at radius 1 is 1.47 bits per heavy atom. The van der Waals surface area contributed by atoms with Gasteiger partial charge in [-0.3, -0.25) is 4.68 Å². The van der Waals surface area contributed by atoms with Gasteiger partial charge in [-0.25, -0.2) is 0 Å². The third kappa shape index (κ3) is 4.10. The predicted octanol–water partition coefficient (Wildman–Crippen LogP) is 1.73. The fourth-order valence-electron chi connectivity index (χ4n) is 1.66. The fourth-order valence-corrected chi connectivity index (χ4v) is 1.66. The molecule has 0 aliphatic carbocycles. The molecule has 0 spiro atoms. The average Bonchev–Trinajstić information content (AvgIpc) is 2.95. The lowest BCUT2D eigenvalue weighted by Crippen LogP contribution is -2.19. The molecule has 0 saturated heterocycles. The number of nitrogens with zero attached hydrogens (tertiary/aromatic N) is 3. The van der Waals surface area contributed by atoms with E-state index in [1.54, 1.807) is 24.3 Å². The van der Waals surface area contributed by atoms with Crippen molar-refractivity contribution in [3.8, 4) is 6.01 Å². The van der Waals surface area contributed by atoms with Gasteiger partial charge in [0.1, 0.15) is 18.7 Å². The van der Waals surface area contributed by atoms with Crippen LogP contribution in [0, 0.1) is 5.92 Å². The van der Waals surface area contributed by atoms with Gasteiger partial charge >= 0.3 is 6.01 Å². The number of aryl methyl sites for hydroxylation is 1. The molecule has 0 atom stereocenters. The van der Waals surface area contributed by atoms with Crippen LogP contribution in [0.15, 0.2) is 23.1 Å². The zero-order chi connectivity index (χ0) is 13.7. The summed E-state index contributed by atoms with van der Waals surface area (Å²) in [7, 11) is 1.80. The predicted molar refractivity (Wildman–Crippen MR) is 70.6 cm³/mol. The number of aromatic nitrogens is 3. The fraction of sp³-hybridized carbons (Fsp3) is 0.538.